The quantitative estimate of drug-likeness (QED) is 0.853. The normalized spacial score (nSPS) is 20.2. The van der Waals surface area contributed by atoms with Crippen LogP contribution < -0.4 is 5.73 Å². The summed E-state index contributed by atoms with van der Waals surface area (Å²) in [6.45, 7) is 2.16. The Bertz CT molecular complexity index is 529. The topological polar surface area (TPSA) is 26.0 Å². The lowest BCUT2D eigenvalue weighted by molar-refractivity contribution is 0.556. The van der Waals surface area contributed by atoms with E-state index in [4.69, 9.17) is 5.73 Å². The SMILES string of the molecule is Cc1ccsc1C(N)C1CCc2ccccc21. The summed E-state index contributed by atoms with van der Waals surface area (Å²) < 4.78 is 0. The Labute approximate surface area is 106 Å². The third-order valence-electron chi connectivity index (χ3n) is 3.82. The number of hydrogen-bond donors (Lipinski definition) is 1. The molecule has 1 aromatic carbocycles. The van der Waals surface area contributed by atoms with Crippen LogP contribution in [0.2, 0.25) is 0 Å². The third kappa shape index (κ3) is 1.81. The van der Waals surface area contributed by atoms with E-state index in [-0.39, 0.29) is 6.04 Å². The van der Waals surface area contributed by atoms with Gasteiger partial charge in [-0.3, -0.25) is 0 Å². The highest BCUT2D eigenvalue weighted by molar-refractivity contribution is 7.10. The van der Waals surface area contributed by atoms with Crippen molar-refractivity contribution >= 4 is 11.3 Å². The Morgan fingerprint density at radius 2 is 2.12 bits per heavy atom. The zero-order valence-electron chi connectivity index (χ0n) is 10.0. The first-order chi connectivity index (χ1) is 8.27. The number of nitrogens with two attached hydrogens (primary N) is 1. The first-order valence-corrected chi connectivity index (χ1v) is 7.02. The lowest BCUT2D eigenvalue weighted by Gasteiger charge is -2.20. The first-order valence-electron chi connectivity index (χ1n) is 6.15. The highest BCUT2D eigenvalue weighted by atomic mass is 32.1. The fraction of sp³-hybridized carbons (Fsp3) is 0.333. The molecule has 1 nitrogen and oxygen atoms in total. The van der Waals surface area contributed by atoms with Crippen LogP contribution in [0.1, 0.15) is 39.9 Å². The van der Waals surface area contributed by atoms with Crippen LogP contribution in [0, 0.1) is 6.92 Å². The van der Waals surface area contributed by atoms with Crippen LogP contribution in [0.3, 0.4) is 0 Å². The van der Waals surface area contributed by atoms with E-state index < -0.39 is 0 Å². The van der Waals surface area contributed by atoms with Gasteiger partial charge in [0, 0.05) is 16.8 Å². The molecule has 0 aliphatic heterocycles. The molecule has 0 amide bonds. The Balaban J connectivity index is 1.95. The fourth-order valence-electron chi connectivity index (χ4n) is 2.87. The van der Waals surface area contributed by atoms with E-state index in [0.717, 1.165) is 0 Å². The van der Waals surface area contributed by atoms with Crippen molar-refractivity contribution in [2.75, 3.05) is 0 Å². The molecule has 2 aromatic rings. The van der Waals surface area contributed by atoms with Crippen LogP contribution in [0.25, 0.3) is 0 Å². The zero-order chi connectivity index (χ0) is 11.8. The van der Waals surface area contributed by atoms with Crippen LogP contribution in [0.5, 0.6) is 0 Å². The summed E-state index contributed by atoms with van der Waals surface area (Å²) in [5, 5.41) is 2.14. The maximum absolute atomic E-state index is 6.47. The molecule has 2 heteroatoms. The first kappa shape index (κ1) is 11.0. The molecular weight excluding hydrogens is 226 g/mol. The van der Waals surface area contributed by atoms with Crippen LogP contribution in [-0.4, -0.2) is 0 Å². The van der Waals surface area contributed by atoms with E-state index in [1.165, 1.54) is 34.4 Å². The number of fused-ring (bicyclic) bond motifs is 1. The maximum atomic E-state index is 6.47. The molecule has 0 saturated carbocycles. The number of benzene rings is 1. The Kier molecular flexibility index (Phi) is 2.77. The number of aryl methyl sites for hydroxylation is 2. The van der Waals surface area contributed by atoms with Crippen molar-refractivity contribution in [2.24, 2.45) is 5.73 Å². The van der Waals surface area contributed by atoms with Crippen molar-refractivity contribution < 1.29 is 0 Å². The molecule has 1 heterocycles. The molecule has 17 heavy (non-hydrogen) atoms. The Morgan fingerprint density at radius 3 is 2.88 bits per heavy atom. The second-order valence-electron chi connectivity index (χ2n) is 4.84. The van der Waals surface area contributed by atoms with Crippen molar-refractivity contribution in [3.63, 3.8) is 0 Å². The fourth-order valence-corrected chi connectivity index (χ4v) is 3.87. The minimum atomic E-state index is 0.165. The van der Waals surface area contributed by atoms with E-state index >= 15 is 0 Å². The van der Waals surface area contributed by atoms with Crippen LogP contribution in [0.4, 0.5) is 0 Å². The Hall–Kier alpha value is -1.12. The molecule has 0 fully saturated rings. The van der Waals surface area contributed by atoms with Gasteiger partial charge in [0.2, 0.25) is 0 Å². The van der Waals surface area contributed by atoms with Crippen LogP contribution in [-0.2, 0) is 6.42 Å². The van der Waals surface area contributed by atoms with Gasteiger partial charge >= 0.3 is 0 Å². The summed E-state index contributed by atoms with van der Waals surface area (Å²) in [4.78, 5) is 1.35. The smallest absolute Gasteiger partial charge is 0.0462 e. The van der Waals surface area contributed by atoms with Crippen molar-refractivity contribution in [3.8, 4) is 0 Å². The average molecular weight is 243 g/mol. The summed E-state index contributed by atoms with van der Waals surface area (Å²) in [5.74, 6) is 0.503. The number of thiophene rings is 1. The van der Waals surface area contributed by atoms with Gasteiger partial charge in [0.05, 0.1) is 0 Å². The van der Waals surface area contributed by atoms with Gasteiger partial charge in [-0.05, 0) is 47.9 Å². The predicted octanol–water partition coefficient (Wildman–Crippen LogP) is 3.79. The predicted molar refractivity (Wildman–Crippen MR) is 73.5 cm³/mol. The summed E-state index contributed by atoms with van der Waals surface area (Å²) >= 11 is 1.79. The van der Waals surface area contributed by atoms with Gasteiger partial charge in [-0.25, -0.2) is 0 Å². The lowest BCUT2D eigenvalue weighted by atomic mass is 9.92. The largest absolute Gasteiger partial charge is 0.323 e. The second kappa shape index (κ2) is 4.28. The van der Waals surface area contributed by atoms with Gasteiger partial charge in [-0.15, -0.1) is 11.3 Å². The second-order valence-corrected chi connectivity index (χ2v) is 5.79. The van der Waals surface area contributed by atoms with Crippen molar-refractivity contribution in [2.45, 2.75) is 31.7 Å². The molecule has 2 unspecified atom stereocenters. The van der Waals surface area contributed by atoms with Gasteiger partial charge in [0.25, 0.3) is 0 Å². The molecule has 1 aliphatic carbocycles. The van der Waals surface area contributed by atoms with E-state index in [2.05, 4.69) is 42.6 Å². The van der Waals surface area contributed by atoms with E-state index in [0.29, 0.717) is 5.92 Å². The van der Waals surface area contributed by atoms with Gasteiger partial charge in [-0.2, -0.15) is 0 Å². The summed E-state index contributed by atoms with van der Waals surface area (Å²) in [7, 11) is 0. The molecule has 88 valence electrons. The number of hydrogen-bond acceptors (Lipinski definition) is 2. The van der Waals surface area contributed by atoms with E-state index in [9.17, 15) is 0 Å². The highest BCUT2D eigenvalue weighted by Crippen LogP contribution is 2.42. The lowest BCUT2D eigenvalue weighted by Crippen LogP contribution is -2.17. The van der Waals surface area contributed by atoms with Crippen LogP contribution in [0.15, 0.2) is 35.7 Å². The minimum Gasteiger partial charge on any atom is -0.323 e. The van der Waals surface area contributed by atoms with Gasteiger partial charge in [-0.1, -0.05) is 24.3 Å². The van der Waals surface area contributed by atoms with Crippen molar-refractivity contribution in [3.05, 3.63) is 57.3 Å². The molecule has 1 aliphatic rings. The Morgan fingerprint density at radius 1 is 1.29 bits per heavy atom. The van der Waals surface area contributed by atoms with Gasteiger partial charge in [0.15, 0.2) is 0 Å². The molecular formula is C15H17NS. The van der Waals surface area contributed by atoms with Crippen LogP contribution >= 0.6 is 11.3 Å². The van der Waals surface area contributed by atoms with E-state index in [1.807, 2.05) is 0 Å². The van der Waals surface area contributed by atoms with Crippen molar-refractivity contribution in [1.29, 1.82) is 0 Å². The molecule has 2 atom stereocenters. The highest BCUT2D eigenvalue weighted by Gasteiger charge is 2.29. The third-order valence-corrected chi connectivity index (χ3v) is 4.94. The standard InChI is InChI=1S/C15H17NS/c1-10-8-9-17-15(10)14(16)13-7-6-11-4-2-3-5-12(11)13/h2-5,8-9,13-14H,6-7,16H2,1H3. The summed E-state index contributed by atoms with van der Waals surface area (Å²) in [5.41, 5.74) is 10.8. The summed E-state index contributed by atoms with van der Waals surface area (Å²) in [6, 6.07) is 11.1. The minimum absolute atomic E-state index is 0.165. The average Bonchev–Trinajstić information content (AvgIpc) is 2.94. The zero-order valence-corrected chi connectivity index (χ0v) is 10.8. The maximum Gasteiger partial charge on any atom is 0.0462 e. The van der Waals surface area contributed by atoms with Crippen molar-refractivity contribution in [1.82, 2.24) is 0 Å². The summed E-state index contributed by atoms with van der Waals surface area (Å²) in [6.07, 6.45) is 2.37. The molecule has 0 spiro atoms. The molecule has 2 N–H and O–H groups in total. The number of rotatable bonds is 2. The van der Waals surface area contributed by atoms with Gasteiger partial charge in [0.1, 0.15) is 0 Å². The molecule has 1 aromatic heterocycles. The molecule has 0 radical (unpaired) electrons. The monoisotopic (exact) mass is 243 g/mol. The molecule has 3 rings (SSSR count). The van der Waals surface area contributed by atoms with E-state index in [1.54, 1.807) is 11.3 Å². The molecule has 0 saturated heterocycles. The van der Waals surface area contributed by atoms with Gasteiger partial charge < -0.3 is 5.73 Å². The molecule has 0 bridgehead atoms.